The van der Waals surface area contributed by atoms with Crippen LogP contribution in [0.1, 0.15) is 12.0 Å². The molecule has 1 unspecified atom stereocenters. The molecule has 1 aliphatic heterocycles. The number of hydrogen-bond acceptors (Lipinski definition) is 3. The van der Waals surface area contributed by atoms with Crippen LogP contribution in [0, 0.1) is 6.92 Å². The minimum absolute atomic E-state index is 0.0159. The summed E-state index contributed by atoms with van der Waals surface area (Å²) in [5.74, 6) is 0.622. The molecule has 0 saturated carbocycles. The number of aliphatic carboxylic acids is 1. The highest BCUT2D eigenvalue weighted by molar-refractivity contribution is 9.10. The van der Waals surface area contributed by atoms with Gasteiger partial charge in [0.1, 0.15) is 0 Å². The lowest BCUT2D eigenvalue weighted by molar-refractivity contribution is -0.137. The summed E-state index contributed by atoms with van der Waals surface area (Å²) in [4.78, 5) is 24.9. The van der Waals surface area contributed by atoms with Gasteiger partial charge >= 0.3 is 12.0 Å². The predicted octanol–water partition coefficient (Wildman–Crippen LogP) is 3.18. The van der Waals surface area contributed by atoms with Crippen LogP contribution in [-0.2, 0) is 4.79 Å². The molecule has 1 heterocycles. The van der Waals surface area contributed by atoms with Crippen molar-refractivity contribution in [3.8, 4) is 0 Å². The van der Waals surface area contributed by atoms with Crippen LogP contribution in [0.2, 0.25) is 0 Å². The van der Waals surface area contributed by atoms with Gasteiger partial charge in [0.25, 0.3) is 0 Å². The van der Waals surface area contributed by atoms with E-state index in [9.17, 15) is 9.59 Å². The molecule has 0 bridgehead atoms. The van der Waals surface area contributed by atoms with E-state index in [0.717, 1.165) is 15.8 Å². The number of hydrogen-bond donors (Lipinski definition) is 2. The maximum atomic E-state index is 12.4. The molecule has 0 aliphatic carbocycles. The Morgan fingerprint density at radius 1 is 1.52 bits per heavy atom. The number of rotatable bonds is 3. The molecular weight excluding hydrogens is 356 g/mol. The van der Waals surface area contributed by atoms with E-state index in [2.05, 4.69) is 21.2 Å². The molecule has 5 nitrogen and oxygen atoms in total. The van der Waals surface area contributed by atoms with Gasteiger partial charge < -0.3 is 15.3 Å². The quantitative estimate of drug-likeness (QED) is 0.854. The van der Waals surface area contributed by atoms with E-state index in [4.69, 9.17) is 5.11 Å². The van der Waals surface area contributed by atoms with Crippen LogP contribution in [0.5, 0.6) is 0 Å². The minimum Gasteiger partial charge on any atom is -0.481 e. The highest BCUT2D eigenvalue weighted by Crippen LogP contribution is 2.23. The van der Waals surface area contributed by atoms with Gasteiger partial charge in [0.05, 0.1) is 12.5 Å². The molecule has 114 valence electrons. The number of aryl methyl sites for hydroxylation is 1. The molecule has 21 heavy (non-hydrogen) atoms. The molecule has 2 amide bonds. The molecule has 1 aliphatic rings. The first kappa shape index (κ1) is 16.2. The Kier molecular flexibility index (Phi) is 5.52. The normalized spacial score (nSPS) is 18.4. The van der Waals surface area contributed by atoms with Crippen molar-refractivity contribution >= 4 is 45.4 Å². The van der Waals surface area contributed by atoms with Crippen LogP contribution in [0.3, 0.4) is 0 Å². The number of anilines is 1. The number of urea groups is 1. The monoisotopic (exact) mass is 372 g/mol. The predicted molar refractivity (Wildman–Crippen MR) is 88.0 cm³/mol. The van der Waals surface area contributed by atoms with Crippen LogP contribution in [0.4, 0.5) is 10.5 Å². The Morgan fingerprint density at radius 3 is 2.95 bits per heavy atom. The molecule has 1 fully saturated rings. The van der Waals surface area contributed by atoms with E-state index in [0.29, 0.717) is 18.0 Å². The summed E-state index contributed by atoms with van der Waals surface area (Å²) < 4.78 is 0.927. The van der Waals surface area contributed by atoms with Gasteiger partial charge in [-0.3, -0.25) is 4.79 Å². The highest BCUT2D eigenvalue weighted by atomic mass is 79.9. The smallest absolute Gasteiger partial charge is 0.322 e. The van der Waals surface area contributed by atoms with E-state index >= 15 is 0 Å². The van der Waals surface area contributed by atoms with Crippen molar-refractivity contribution in [3.63, 3.8) is 0 Å². The van der Waals surface area contributed by atoms with Crippen molar-refractivity contribution in [3.05, 3.63) is 28.2 Å². The molecule has 2 N–H and O–H groups in total. The van der Waals surface area contributed by atoms with Crippen LogP contribution in [0.15, 0.2) is 22.7 Å². The van der Waals surface area contributed by atoms with Gasteiger partial charge in [-0.2, -0.15) is 11.8 Å². The molecule has 7 heteroatoms. The SMILES string of the molecule is Cc1ccc(NC(=O)N2CCSCC2CC(=O)O)cc1Br. The Balaban J connectivity index is 2.06. The Morgan fingerprint density at radius 2 is 2.29 bits per heavy atom. The lowest BCUT2D eigenvalue weighted by atomic mass is 10.2. The molecular formula is C14H17BrN2O3S. The second-order valence-corrected chi connectivity index (χ2v) is 6.92. The molecule has 0 aromatic heterocycles. The van der Waals surface area contributed by atoms with Crippen LogP contribution >= 0.6 is 27.7 Å². The standard InChI is InChI=1S/C14H17BrN2O3S/c1-9-2-3-10(6-12(9)15)16-14(20)17-4-5-21-8-11(17)7-13(18)19/h2-3,6,11H,4-5,7-8H2,1H3,(H,16,20)(H,18,19). The largest absolute Gasteiger partial charge is 0.481 e. The summed E-state index contributed by atoms with van der Waals surface area (Å²) in [6.07, 6.45) is -0.0159. The average molecular weight is 373 g/mol. The first-order valence-corrected chi connectivity index (χ1v) is 8.55. The van der Waals surface area contributed by atoms with E-state index in [1.807, 2.05) is 25.1 Å². The number of nitrogens with zero attached hydrogens (tertiary/aromatic N) is 1. The molecule has 2 rings (SSSR count). The zero-order valence-corrected chi connectivity index (χ0v) is 14.0. The van der Waals surface area contributed by atoms with E-state index < -0.39 is 5.97 Å². The minimum atomic E-state index is -0.876. The Bertz CT molecular complexity index is 553. The van der Waals surface area contributed by atoms with Gasteiger partial charge in [-0.25, -0.2) is 4.79 Å². The van der Waals surface area contributed by atoms with E-state index in [1.165, 1.54) is 0 Å². The van der Waals surface area contributed by atoms with E-state index in [-0.39, 0.29) is 18.5 Å². The van der Waals surface area contributed by atoms with Gasteiger partial charge in [0, 0.05) is 28.2 Å². The fourth-order valence-corrected chi connectivity index (χ4v) is 3.60. The Labute approximate surface area is 136 Å². The van der Waals surface area contributed by atoms with Crippen LogP contribution in [-0.4, -0.2) is 46.1 Å². The summed E-state index contributed by atoms with van der Waals surface area (Å²) in [6, 6.07) is 5.11. The van der Waals surface area contributed by atoms with Crippen molar-refractivity contribution < 1.29 is 14.7 Å². The van der Waals surface area contributed by atoms with Gasteiger partial charge in [0.2, 0.25) is 0 Å². The summed E-state index contributed by atoms with van der Waals surface area (Å²) in [6.45, 7) is 2.54. The lowest BCUT2D eigenvalue weighted by Gasteiger charge is -2.34. The molecule has 1 atom stereocenters. The van der Waals surface area contributed by atoms with Crippen molar-refractivity contribution in [1.82, 2.24) is 4.90 Å². The number of thioether (sulfide) groups is 1. The molecule has 1 saturated heterocycles. The molecule has 1 aromatic carbocycles. The van der Waals surface area contributed by atoms with Crippen LogP contribution in [0.25, 0.3) is 0 Å². The molecule has 0 radical (unpaired) electrons. The van der Waals surface area contributed by atoms with Crippen molar-refractivity contribution in [2.24, 2.45) is 0 Å². The van der Waals surface area contributed by atoms with E-state index in [1.54, 1.807) is 16.7 Å². The van der Waals surface area contributed by atoms with Crippen molar-refractivity contribution in [1.29, 1.82) is 0 Å². The first-order chi connectivity index (χ1) is 9.97. The number of benzene rings is 1. The summed E-state index contributed by atoms with van der Waals surface area (Å²) in [5, 5.41) is 11.8. The van der Waals surface area contributed by atoms with Gasteiger partial charge in [-0.05, 0) is 24.6 Å². The fraction of sp³-hybridized carbons (Fsp3) is 0.429. The number of carboxylic acid groups (broad SMARTS) is 1. The maximum absolute atomic E-state index is 12.4. The number of nitrogens with one attached hydrogen (secondary N) is 1. The number of amides is 2. The third-order valence-electron chi connectivity index (χ3n) is 3.32. The van der Waals surface area contributed by atoms with Gasteiger partial charge in [0.15, 0.2) is 0 Å². The molecule has 1 aromatic rings. The topological polar surface area (TPSA) is 69.6 Å². The maximum Gasteiger partial charge on any atom is 0.322 e. The lowest BCUT2D eigenvalue weighted by Crippen LogP contribution is -2.48. The third-order valence-corrected chi connectivity index (χ3v) is 5.27. The van der Waals surface area contributed by atoms with Crippen molar-refractivity contribution in [2.75, 3.05) is 23.4 Å². The number of carboxylic acids is 1. The fourth-order valence-electron chi connectivity index (χ4n) is 2.16. The third kappa shape index (κ3) is 4.38. The highest BCUT2D eigenvalue weighted by Gasteiger charge is 2.28. The number of halogens is 1. The second-order valence-electron chi connectivity index (χ2n) is 4.91. The summed E-state index contributed by atoms with van der Waals surface area (Å²) in [7, 11) is 0. The van der Waals surface area contributed by atoms with Gasteiger partial charge in [-0.15, -0.1) is 0 Å². The zero-order valence-electron chi connectivity index (χ0n) is 11.6. The Hall–Kier alpha value is -1.21. The van der Waals surface area contributed by atoms with Crippen molar-refractivity contribution in [2.45, 2.75) is 19.4 Å². The number of carbonyl (C=O) groups excluding carboxylic acids is 1. The summed E-state index contributed by atoms with van der Waals surface area (Å²) >= 11 is 5.12. The second kappa shape index (κ2) is 7.17. The average Bonchev–Trinajstić information content (AvgIpc) is 2.43. The molecule has 0 spiro atoms. The number of carbonyl (C=O) groups is 2. The van der Waals surface area contributed by atoms with Gasteiger partial charge in [-0.1, -0.05) is 22.0 Å². The van der Waals surface area contributed by atoms with Crippen LogP contribution < -0.4 is 5.32 Å². The summed E-state index contributed by atoms with van der Waals surface area (Å²) in [5.41, 5.74) is 1.79. The first-order valence-electron chi connectivity index (χ1n) is 6.60. The zero-order chi connectivity index (χ0) is 15.4.